The van der Waals surface area contributed by atoms with Crippen LogP contribution in [0.5, 0.6) is 5.75 Å². The topological polar surface area (TPSA) is 64.3 Å². The fraction of sp³-hybridized carbons (Fsp3) is 0.533. The Bertz CT molecular complexity index is 419. The minimum Gasteiger partial charge on any atom is -0.483 e. The number of aryl methyl sites for hydroxylation is 1. The van der Waals surface area contributed by atoms with Crippen LogP contribution >= 0.6 is 0 Å². The van der Waals surface area contributed by atoms with E-state index < -0.39 is 0 Å². The zero-order chi connectivity index (χ0) is 14.3. The molecule has 4 nitrogen and oxygen atoms in total. The molecule has 1 rings (SSSR count). The maximum atomic E-state index is 11.7. The van der Waals surface area contributed by atoms with Crippen molar-refractivity contribution in [3.05, 3.63) is 29.3 Å². The van der Waals surface area contributed by atoms with Gasteiger partial charge < -0.3 is 15.8 Å². The Hall–Kier alpha value is -1.55. The van der Waals surface area contributed by atoms with Crippen LogP contribution in [0.4, 0.5) is 0 Å². The molecule has 1 unspecified atom stereocenters. The van der Waals surface area contributed by atoms with E-state index in [2.05, 4.69) is 11.4 Å². The fourth-order valence-corrected chi connectivity index (χ4v) is 1.76. The molecule has 106 valence electrons. The molecular formula is C15H24N2O2. The molecular weight excluding hydrogens is 240 g/mol. The van der Waals surface area contributed by atoms with Crippen molar-refractivity contribution in [3.8, 4) is 5.75 Å². The van der Waals surface area contributed by atoms with Crippen molar-refractivity contribution >= 4 is 5.91 Å². The van der Waals surface area contributed by atoms with Crippen LogP contribution in [0.2, 0.25) is 0 Å². The first-order chi connectivity index (χ1) is 9.06. The molecule has 0 heterocycles. The Balaban J connectivity index is 2.59. The standard InChI is InChI=1S/C15H24N2O2/c1-4-12(3)17-15(18)10-19-14-6-5-11(2)9-13(14)7-8-16/h5-6,9,12H,4,7-8,10,16H2,1-3H3,(H,17,18). The molecule has 0 saturated heterocycles. The summed E-state index contributed by atoms with van der Waals surface area (Å²) in [5, 5.41) is 2.87. The van der Waals surface area contributed by atoms with Crippen molar-refractivity contribution in [2.75, 3.05) is 13.2 Å². The minimum atomic E-state index is -0.0892. The van der Waals surface area contributed by atoms with Crippen LogP contribution in [0.1, 0.15) is 31.4 Å². The molecule has 0 fully saturated rings. The predicted molar refractivity (Wildman–Crippen MR) is 77.3 cm³/mol. The van der Waals surface area contributed by atoms with Gasteiger partial charge in [0, 0.05) is 6.04 Å². The van der Waals surface area contributed by atoms with E-state index in [1.54, 1.807) is 0 Å². The number of rotatable bonds is 7. The van der Waals surface area contributed by atoms with Crippen molar-refractivity contribution in [2.45, 2.75) is 39.7 Å². The monoisotopic (exact) mass is 264 g/mol. The maximum absolute atomic E-state index is 11.7. The highest BCUT2D eigenvalue weighted by Gasteiger charge is 2.08. The normalized spacial score (nSPS) is 12.0. The molecule has 19 heavy (non-hydrogen) atoms. The van der Waals surface area contributed by atoms with Crippen molar-refractivity contribution < 1.29 is 9.53 Å². The number of nitrogens with one attached hydrogen (secondary N) is 1. The Morgan fingerprint density at radius 1 is 1.47 bits per heavy atom. The number of nitrogens with two attached hydrogens (primary N) is 1. The van der Waals surface area contributed by atoms with Gasteiger partial charge in [0.15, 0.2) is 6.61 Å². The second kappa shape index (κ2) is 7.79. The zero-order valence-corrected chi connectivity index (χ0v) is 12.0. The molecule has 3 N–H and O–H groups in total. The lowest BCUT2D eigenvalue weighted by Crippen LogP contribution is -2.35. The summed E-state index contributed by atoms with van der Waals surface area (Å²) >= 11 is 0. The minimum absolute atomic E-state index is 0.0466. The van der Waals surface area contributed by atoms with E-state index in [4.69, 9.17) is 10.5 Å². The van der Waals surface area contributed by atoms with E-state index in [1.165, 1.54) is 5.56 Å². The third-order valence-electron chi connectivity index (χ3n) is 3.01. The predicted octanol–water partition coefficient (Wildman–Crippen LogP) is 1.79. The molecule has 0 spiro atoms. The van der Waals surface area contributed by atoms with Gasteiger partial charge in [-0.3, -0.25) is 4.79 Å². The van der Waals surface area contributed by atoms with Crippen molar-refractivity contribution in [2.24, 2.45) is 5.73 Å². The third kappa shape index (κ3) is 5.30. The number of hydrogen-bond donors (Lipinski definition) is 2. The van der Waals surface area contributed by atoms with Crippen LogP contribution in [-0.4, -0.2) is 25.1 Å². The van der Waals surface area contributed by atoms with Gasteiger partial charge in [-0.2, -0.15) is 0 Å². The molecule has 0 aliphatic carbocycles. The van der Waals surface area contributed by atoms with E-state index in [0.717, 1.165) is 24.2 Å². The van der Waals surface area contributed by atoms with Crippen molar-refractivity contribution in [3.63, 3.8) is 0 Å². The summed E-state index contributed by atoms with van der Waals surface area (Å²) in [6, 6.07) is 6.10. The van der Waals surface area contributed by atoms with Gasteiger partial charge in [0.1, 0.15) is 5.75 Å². The molecule has 1 amide bonds. The quantitative estimate of drug-likeness (QED) is 0.789. The summed E-state index contributed by atoms with van der Waals surface area (Å²) in [5.41, 5.74) is 7.81. The molecule has 1 aromatic carbocycles. The van der Waals surface area contributed by atoms with Gasteiger partial charge in [-0.25, -0.2) is 0 Å². The zero-order valence-electron chi connectivity index (χ0n) is 12.0. The largest absolute Gasteiger partial charge is 0.483 e. The SMILES string of the molecule is CCC(C)NC(=O)COc1ccc(C)cc1CCN. The second-order valence-electron chi connectivity index (χ2n) is 4.82. The summed E-state index contributed by atoms with van der Waals surface area (Å²) in [5.74, 6) is 0.656. The smallest absolute Gasteiger partial charge is 0.258 e. The molecule has 4 heteroatoms. The van der Waals surface area contributed by atoms with Gasteiger partial charge in [0.25, 0.3) is 5.91 Å². The van der Waals surface area contributed by atoms with Crippen LogP contribution in [-0.2, 0) is 11.2 Å². The van der Waals surface area contributed by atoms with Gasteiger partial charge in [-0.15, -0.1) is 0 Å². The molecule has 1 atom stereocenters. The Kier molecular flexibility index (Phi) is 6.36. The van der Waals surface area contributed by atoms with Crippen molar-refractivity contribution in [1.82, 2.24) is 5.32 Å². The number of carbonyl (C=O) groups is 1. The first-order valence-electron chi connectivity index (χ1n) is 6.78. The summed E-state index contributed by atoms with van der Waals surface area (Å²) in [6.45, 7) is 6.65. The van der Waals surface area contributed by atoms with E-state index in [0.29, 0.717) is 6.54 Å². The highest BCUT2D eigenvalue weighted by molar-refractivity contribution is 5.77. The summed E-state index contributed by atoms with van der Waals surface area (Å²) in [4.78, 5) is 11.7. The number of benzene rings is 1. The van der Waals surface area contributed by atoms with Crippen molar-refractivity contribution in [1.29, 1.82) is 0 Å². The average molecular weight is 264 g/mol. The molecule has 1 aromatic rings. The van der Waals surface area contributed by atoms with Crippen LogP contribution in [0, 0.1) is 6.92 Å². The molecule has 0 aromatic heterocycles. The lowest BCUT2D eigenvalue weighted by molar-refractivity contribution is -0.123. The fourth-order valence-electron chi connectivity index (χ4n) is 1.76. The van der Waals surface area contributed by atoms with Crippen LogP contribution < -0.4 is 15.8 Å². The lowest BCUT2D eigenvalue weighted by atomic mass is 10.1. The summed E-state index contributed by atoms with van der Waals surface area (Å²) < 4.78 is 5.58. The Labute approximate surface area is 115 Å². The van der Waals surface area contributed by atoms with Crippen LogP contribution in [0.25, 0.3) is 0 Å². The number of amides is 1. The Morgan fingerprint density at radius 3 is 2.84 bits per heavy atom. The van der Waals surface area contributed by atoms with Gasteiger partial charge in [0.05, 0.1) is 0 Å². The van der Waals surface area contributed by atoms with Gasteiger partial charge >= 0.3 is 0 Å². The summed E-state index contributed by atoms with van der Waals surface area (Å²) in [7, 11) is 0. The van der Waals surface area contributed by atoms with Crippen LogP contribution in [0.3, 0.4) is 0 Å². The second-order valence-corrected chi connectivity index (χ2v) is 4.82. The Morgan fingerprint density at radius 2 is 2.21 bits per heavy atom. The lowest BCUT2D eigenvalue weighted by Gasteiger charge is -2.14. The van der Waals surface area contributed by atoms with Crippen LogP contribution in [0.15, 0.2) is 18.2 Å². The average Bonchev–Trinajstić information content (AvgIpc) is 2.38. The number of hydrogen-bond acceptors (Lipinski definition) is 3. The molecule has 0 radical (unpaired) electrons. The van der Waals surface area contributed by atoms with Gasteiger partial charge in [-0.1, -0.05) is 24.6 Å². The van der Waals surface area contributed by atoms with Gasteiger partial charge in [-0.05, 0) is 44.9 Å². The van der Waals surface area contributed by atoms with Gasteiger partial charge in [0.2, 0.25) is 0 Å². The molecule has 0 aliphatic heterocycles. The highest BCUT2D eigenvalue weighted by atomic mass is 16.5. The summed E-state index contributed by atoms with van der Waals surface area (Å²) in [6.07, 6.45) is 1.67. The highest BCUT2D eigenvalue weighted by Crippen LogP contribution is 2.20. The van der Waals surface area contributed by atoms with E-state index in [1.807, 2.05) is 32.9 Å². The number of ether oxygens (including phenoxy) is 1. The third-order valence-corrected chi connectivity index (χ3v) is 3.01. The number of carbonyl (C=O) groups excluding carboxylic acids is 1. The first-order valence-corrected chi connectivity index (χ1v) is 6.78. The first kappa shape index (κ1) is 15.5. The van der Waals surface area contributed by atoms with E-state index >= 15 is 0 Å². The van der Waals surface area contributed by atoms with E-state index in [9.17, 15) is 4.79 Å². The van der Waals surface area contributed by atoms with E-state index in [-0.39, 0.29) is 18.6 Å². The molecule has 0 aliphatic rings. The maximum Gasteiger partial charge on any atom is 0.258 e. The molecule has 0 bridgehead atoms. The molecule has 0 saturated carbocycles.